The fourth-order valence-electron chi connectivity index (χ4n) is 3.74. The second-order valence-corrected chi connectivity index (χ2v) is 7.33. The maximum atomic E-state index is 12.4. The van der Waals surface area contributed by atoms with Crippen LogP contribution in [0.2, 0.25) is 0 Å². The third kappa shape index (κ3) is 3.30. The molecule has 3 aliphatic rings. The van der Waals surface area contributed by atoms with E-state index in [0.29, 0.717) is 17.9 Å². The number of piperidine rings is 1. The van der Waals surface area contributed by atoms with Crippen LogP contribution >= 0.6 is 0 Å². The number of likely N-dealkylation sites (tertiary alicyclic amines) is 2. The first-order chi connectivity index (χ1) is 11.7. The molecule has 3 fully saturated rings. The van der Waals surface area contributed by atoms with Crippen molar-refractivity contribution in [2.24, 2.45) is 0 Å². The average molecular weight is 329 g/mol. The fourth-order valence-corrected chi connectivity index (χ4v) is 3.74. The SMILES string of the molecule is CCN1CCCC(N2CC(NCc3cnc(C4CC4)nc3)C2)C1=O. The molecule has 4 rings (SSSR count). The zero-order valence-corrected chi connectivity index (χ0v) is 14.4. The summed E-state index contributed by atoms with van der Waals surface area (Å²) in [5.74, 6) is 1.94. The van der Waals surface area contributed by atoms with Crippen molar-refractivity contribution in [3.05, 3.63) is 23.8 Å². The predicted molar refractivity (Wildman–Crippen MR) is 91.5 cm³/mol. The van der Waals surface area contributed by atoms with Crippen LogP contribution in [0.4, 0.5) is 0 Å². The Balaban J connectivity index is 1.22. The first-order valence-electron chi connectivity index (χ1n) is 9.31. The fraction of sp³-hybridized carbons (Fsp3) is 0.722. The molecule has 6 heteroatoms. The molecule has 1 unspecified atom stereocenters. The lowest BCUT2D eigenvalue weighted by Gasteiger charge is -2.47. The van der Waals surface area contributed by atoms with Crippen LogP contribution in [-0.2, 0) is 11.3 Å². The minimum absolute atomic E-state index is 0.109. The van der Waals surface area contributed by atoms with Gasteiger partial charge in [0.1, 0.15) is 5.82 Å². The third-order valence-electron chi connectivity index (χ3n) is 5.50. The van der Waals surface area contributed by atoms with E-state index in [-0.39, 0.29) is 6.04 Å². The first kappa shape index (κ1) is 16.0. The number of hydrogen-bond acceptors (Lipinski definition) is 5. The molecule has 1 amide bonds. The van der Waals surface area contributed by atoms with Gasteiger partial charge in [0, 0.05) is 62.6 Å². The zero-order chi connectivity index (χ0) is 16.5. The van der Waals surface area contributed by atoms with Gasteiger partial charge in [-0.1, -0.05) is 0 Å². The molecule has 130 valence electrons. The van der Waals surface area contributed by atoms with Crippen LogP contribution in [0.25, 0.3) is 0 Å². The number of carbonyl (C=O) groups excluding carboxylic acids is 1. The van der Waals surface area contributed by atoms with Crippen molar-refractivity contribution >= 4 is 5.91 Å². The summed E-state index contributed by atoms with van der Waals surface area (Å²) in [6, 6.07) is 0.579. The molecule has 1 N–H and O–H groups in total. The van der Waals surface area contributed by atoms with Crippen molar-refractivity contribution in [1.82, 2.24) is 25.1 Å². The van der Waals surface area contributed by atoms with Crippen molar-refractivity contribution in [2.45, 2.75) is 57.2 Å². The van der Waals surface area contributed by atoms with Gasteiger partial charge >= 0.3 is 0 Å². The highest BCUT2D eigenvalue weighted by atomic mass is 16.2. The lowest BCUT2D eigenvalue weighted by molar-refractivity contribution is -0.142. The summed E-state index contributed by atoms with van der Waals surface area (Å²) in [5.41, 5.74) is 1.14. The Hall–Kier alpha value is -1.53. The van der Waals surface area contributed by atoms with E-state index in [0.717, 1.165) is 57.0 Å². The van der Waals surface area contributed by atoms with Gasteiger partial charge in [0.25, 0.3) is 0 Å². The maximum absolute atomic E-state index is 12.4. The molecular formula is C18H27N5O. The van der Waals surface area contributed by atoms with Crippen LogP contribution in [-0.4, -0.2) is 63.9 Å². The Bertz CT molecular complexity index is 580. The molecule has 0 radical (unpaired) electrons. The van der Waals surface area contributed by atoms with Gasteiger partial charge in [-0.05, 0) is 32.6 Å². The van der Waals surface area contributed by atoms with Crippen LogP contribution in [0.3, 0.4) is 0 Å². The summed E-state index contributed by atoms with van der Waals surface area (Å²) in [4.78, 5) is 25.7. The normalized spacial score (nSPS) is 25.8. The zero-order valence-electron chi connectivity index (χ0n) is 14.4. The number of nitrogens with zero attached hydrogens (tertiary/aromatic N) is 4. The maximum Gasteiger partial charge on any atom is 0.239 e. The monoisotopic (exact) mass is 329 g/mol. The Kier molecular flexibility index (Phi) is 4.50. The molecule has 3 heterocycles. The lowest BCUT2D eigenvalue weighted by atomic mass is 9.97. The summed E-state index contributed by atoms with van der Waals surface area (Å²) < 4.78 is 0. The number of aromatic nitrogens is 2. The molecule has 0 bridgehead atoms. The topological polar surface area (TPSA) is 61.4 Å². The minimum Gasteiger partial charge on any atom is -0.342 e. The summed E-state index contributed by atoms with van der Waals surface area (Å²) >= 11 is 0. The Morgan fingerprint density at radius 1 is 1.21 bits per heavy atom. The molecule has 1 aromatic rings. The average Bonchev–Trinajstić information content (AvgIpc) is 3.40. The standard InChI is InChI=1S/C18H27N5O/c1-2-22-7-3-4-16(18(22)24)23-11-15(12-23)19-8-13-9-20-17(21-10-13)14-5-6-14/h9-10,14-16,19H,2-8,11-12H2,1H3. The van der Waals surface area contributed by atoms with Gasteiger partial charge in [0.2, 0.25) is 5.91 Å². The predicted octanol–water partition coefficient (Wildman–Crippen LogP) is 1.14. The van der Waals surface area contributed by atoms with Gasteiger partial charge in [-0.2, -0.15) is 0 Å². The number of nitrogens with one attached hydrogen (secondary N) is 1. The van der Waals surface area contributed by atoms with Gasteiger partial charge in [-0.3, -0.25) is 9.69 Å². The van der Waals surface area contributed by atoms with Crippen molar-refractivity contribution in [3.8, 4) is 0 Å². The quantitative estimate of drug-likeness (QED) is 0.848. The Labute approximate surface area is 143 Å². The van der Waals surface area contributed by atoms with Crippen molar-refractivity contribution < 1.29 is 4.79 Å². The van der Waals surface area contributed by atoms with E-state index in [1.54, 1.807) is 0 Å². The molecule has 2 aliphatic heterocycles. The summed E-state index contributed by atoms with van der Waals surface area (Å²) in [6.45, 7) is 6.57. The van der Waals surface area contributed by atoms with E-state index in [9.17, 15) is 4.79 Å². The van der Waals surface area contributed by atoms with Gasteiger partial charge in [0.05, 0.1) is 6.04 Å². The highest BCUT2D eigenvalue weighted by Crippen LogP contribution is 2.37. The molecule has 0 spiro atoms. The molecule has 24 heavy (non-hydrogen) atoms. The summed E-state index contributed by atoms with van der Waals surface area (Å²) in [5, 5.41) is 3.56. The third-order valence-corrected chi connectivity index (χ3v) is 5.50. The van der Waals surface area contributed by atoms with E-state index in [4.69, 9.17) is 0 Å². The van der Waals surface area contributed by atoms with E-state index in [1.165, 1.54) is 12.8 Å². The van der Waals surface area contributed by atoms with Crippen molar-refractivity contribution in [3.63, 3.8) is 0 Å². The summed E-state index contributed by atoms with van der Waals surface area (Å²) in [6.07, 6.45) is 8.53. The molecule has 1 saturated carbocycles. The van der Waals surface area contributed by atoms with Crippen molar-refractivity contribution in [2.75, 3.05) is 26.2 Å². The van der Waals surface area contributed by atoms with Gasteiger partial charge in [-0.15, -0.1) is 0 Å². The van der Waals surface area contributed by atoms with Crippen LogP contribution < -0.4 is 5.32 Å². The van der Waals surface area contributed by atoms with E-state index >= 15 is 0 Å². The van der Waals surface area contributed by atoms with Gasteiger partial charge < -0.3 is 10.2 Å². The van der Waals surface area contributed by atoms with Crippen LogP contribution in [0.15, 0.2) is 12.4 Å². The van der Waals surface area contributed by atoms with Crippen LogP contribution in [0, 0.1) is 0 Å². The number of carbonyl (C=O) groups is 1. The minimum atomic E-state index is 0.109. The largest absolute Gasteiger partial charge is 0.342 e. The van der Waals surface area contributed by atoms with E-state index in [2.05, 4.69) is 27.1 Å². The number of rotatable bonds is 6. The molecule has 1 atom stereocenters. The van der Waals surface area contributed by atoms with E-state index < -0.39 is 0 Å². The smallest absolute Gasteiger partial charge is 0.239 e. The van der Waals surface area contributed by atoms with Crippen LogP contribution in [0.5, 0.6) is 0 Å². The molecular weight excluding hydrogens is 302 g/mol. The molecule has 1 aliphatic carbocycles. The summed E-state index contributed by atoms with van der Waals surface area (Å²) in [7, 11) is 0. The van der Waals surface area contributed by atoms with Gasteiger partial charge in [0.15, 0.2) is 0 Å². The van der Waals surface area contributed by atoms with Crippen LogP contribution in [0.1, 0.15) is 49.9 Å². The highest BCUT2D eigenvalue weighted by molar-refractivity contribution is 5.82. The molecule has 1 aromatic heterocycles. The molecule has 6 nitrogen and oxygen atoms in total. The van der Waals surface area contributed by atoms with E-state index in [1.807, 2.05) is 17.3 Å². The molecule has 2 saturated heterocycles. The van der Waals surface area contributed by atoms with Gasteiger partial charge in [-0.25, -0.2) is 9.97 Å². The lowest BCUT2D eigenvalue weighted by Crippen LogP contribution is -2.65. The number of amides is 1. The first-order valence-corrected chi connectivity index (χ1v) is 9.31. The Morgan fingerprint density at radius 3 is 2.62 bits per heavy atom. The Morgan fingerprint density at radius 2 is 1.96 bits per heavy atom. The second kappa shape index (κ2) is 6.76. The highest BCUT2D eigenvalue weighted by Gasteiger charge is 2.38. The second-order valence-electron chi connectivity index (χ2n) is 7.33. The van der Waals surface area contributed by atoms with Crippen molar-refractivity contribution in [1.29, 1.82) is 0 Å². The number of likely N-dealkylation sites (N-methyl/N-ethyl adjacent to an activating group) is 1. The number of hydrogen-bond donors (Lipinski definition) is 1. The molecule has 0 aromatic carbocycles.